The van der Waals surface area contributed by atoms with Crippen molar-refractivity contribution >= 4 is 29.3 Å². The number of nitrogens with zero attached hydrogens (tertiary/aromatic N) is 6. The van der Waals surface area contributed by atoms with Crippen LogP contribution >= 0.6 is 0 Å². The maximum absolute atomic E-state index is 12.7. The van der Waals surface area contributed by atoms with Gasteiger partial charge >= 0.3 is 0 Å². The molecule has 3 aromatic heterocycles. The molecule has 0 unspecified atom stereocenters. The maximum atomic E-state index is 12.7. The smallest absolute Gasteiger partial charge is 0.256 e. The number of carbonyl (C=O) groups excluding carboxylic acids is 1. The van der Waals surface area contributed by atoms with Gasteiger partial charge in [0.15, 0.2) is 5.82 Å². The summed E-state index contributed by atoms with van der Waals surface area (Å²) in [4.78, 5) is 28.6. The molecule has 0 fully saturated rings. The normalized spacial score (nSPS) is 13.8. The van der Waals surface area contributed by atoms with Crippen molar-refractivity contribution in [2.45, 2.75) is 39.3 Å². The lowest BCUT2D eigenvalue weighted by atomic mass is 9.92. The Hall–Kier alpha value is -3.79. The maximum Gasteiger partial charge on any atom is 0.256 e. The molecule has 0 atom stereocenters. The predicted octanol–water partition coefficient (Wildman–Crippen LogP) is 3.21. The second-order valence-electron chi connectivity index (χ2n) is 9.34. The highest BCUT2D eigenvalue weighted by Crippen LogP contribution is 2.25. The average Bonchev–Trinajstić information content (AvgIpc) is 3.18. The van der Waals surface area contributed by atoms with Crippen molar-refractivity contribution in [3.8, 4) is 0 Å². The number of aromatic nitrogens is 5. The van der Waals surface area contributed by atoms with E-state index in [-0.39, 0.29) is 11.3 Å². The number of rotatable bonds is 7. The molecule has 0 saturated heterocycles. The van der Waals surface area contributed by atoms with Gasteiger partial charge < -0.3 is 16.0 Å². The number of carbonyl (C=O) groups is 1. The zero-order valence-electron chi connectivity index (χ0n) is 20.1. The van der Waals surface area contributed by atoms with Crippen LogP contribution in [0.2, 0.25) is 0 Å². The largest absolute Gasteiger partial charge is 0.348 e. The lowest BCUT2D eigenvalue weighted by Crippen LogP contribution is -2.30. The quantitative estimate of drug-likeness (QED) is 0.460. The minimum absolute atomic E-state index is 0.117. The topological polar surface area (TPSA) is 113 Å². The third-order valence-electron chi connectivity index (χ3n) is 5.43. The van der Waals surface area contributed by atoms with E-state index in [0.29, 0.717) is 35.5 Å². The Morgan fingerprint density at radius 3 is 2.76 bits per heavy atom. The highest BCUT2D eigenvalue weighted by molar-refractivity contribution is 5.99. The van der Waals surface area contributed by atoms with Gasteiger partial charge in [0.2, 0.25) is 5.95 Å². The van der Waals surface area contributed by atoms with Crippen molar-refractivity contribution in [2.24, 2.45) is 0 Å². The minimum Gasteiger partial charge on any atom is -0.348 e. The number of hydrogen-bond acceptors (Lipinski definition) is 8. The number of nitrogens with one attached hydrogen (secondary N) is 3. The number of likely N-dealkylation sites (N-methyl/N-ethyl adjacent to an activating group) is 1. The van der Waals surface area contributed by atoms with Gasteiger partial charge in [-0.05, 0) is 19.2 Å². The Morgan fingerprint density at radius 2 is 2.00 bits per heavy atom. The molecule has 3 N–H and O–H groups in total. The second kappa shape index (κ2) is 9.60. The summed E-state index contributed by atoms with van der Waals surface area (Å²) in [6.07, 6.45) is 3.11. The molecular weight excluding hydrogens is 430 g/mol. The summed E-state index contributed by atoms with van der Waals surface area (Å²) in [5.41, 5.74) is 2.24. The van der Waals surface area contributed by atoms with Crippen molar-refractivity contribution in [1.82, 2.24) is 34.9 Å². The summed E-state index contributed by atoms with van der Waals surface area (Å²) in [5, 5.41) is 13.8. The van der Waals surface area contributed by atoms with E-state index in [4.69, 9.17) is 4.98 Å². The number of pyridine rings is 1. The molecule has 10 nitrogen and oxygen atoms in total. The molecule has 0 spiro atoms. The molecule has 4 heterocycles. The summed E-state index contributed by atoms with van der Waals surface area (Å²) in [6, 6.07) is 7.75. The van der Waals surface area contributed by atoms with E-state index in [1.165, 1.54) is 6.20 Å². The first-order valence-corrected chi connectivity index (χ1v) is 11.3. The fraction of sp³-hybridized carbons (Fsp3) is 0.375. The van der Waals surface area contributed by atoms with Gasteiger partial charge in [-0.1, -0.05) is 32.9 Å². The molecule has 0 radical (unpaired) electrons. The molecule has 3 aromatic rings. The summed E-state index contributed by atoms with van der Waals surface area (Å²) in [5.74, 6) is 1.63. The van der Waals surface area contributed by atoms with Gasteiger partial charge in [-0.2, -0.15) is 10.1 Å². The lowest BCUT2D eigenvalue weighted by Gasteiger charge is -2.22. The lowest BCUT2D eigenvalue weighted by molar-refractivity contribution is 0.0958. The van der Waals surface area contributed by atoms with Gasteiger partial charge in [0.1, 0.15) is 17.2 Å². The first kappa shape index (κ1) is 23.4. The van der Waals surface area contributed by atoms with Crippen molar-refractivity contribution in [2.75, 3.05) is 30.8 Å². The standard InChI is InChI=1S/C24H31N9O/c1-6-10-25-22(34)17-14-26-23(29-20-13-16-15-32(5)11-12-33(16)31-20)30-21(17)28-19-9-7-8-18(27-19)24(2,3)4/h6-9,13-14H,1,10-12,15H2,2-5H3,(H,25,34)(H2,26,27,28,29,30,31). The third-order valence-corrected chi connectivity index (χ3v) is 5.43. The predicted molar refractivity (Wildman–Crippen MR) is 133 cm³/mol. The van der Waals surface area contributed by atoms with Crippen molar-refractivity contribution in [3.05, 3.63) is 60.1 Å². The summed E-state index contributed by atoms with van der Waals surface area (Å²) >= 11 is 0. The van der Waals surface area contributed by atoms with E-state index < -0.39 is 0 Å². The van der Waals surface area contributed by atoms with Crippen LogP contribution in [0.15, 0.2) is 43.1 Å². The molecule has 4 rings (SSSR count). The van der Waals surface area contributed by atoms with Crippen LogP contribution in [-0.2, 0) is 18.5 Å². The van der Waals surface area contributed by atoms with Crippen molar-refractivity contribution in [3.63, 3.8) is 0 Å². The Morgan fingerprint density at radius 1 is 1.18 bits per heavy atom. The minimum atomic E-state index is -0.304. The van der Waals surface area contributed by atoms with Crippen LogP contribution in [-0.4, -0.2) is 55.7 Å². The van der Waals surface area contributed by atoms with Gasteiger partial charge in [0, 0.05) is 43.0 Å². The molecule has 1 aliphatic heterocycles. The number of anilines is 4. The molecule has 1 amide bonds. The number of amides is 1. The van der Waals surface area contributed by atoms with Gasteiger partial charge in [0.25, 0.3) is 5.91 Å². The van der Waals surface area contributed by atoms with Gasteiger partial charge in [-0.15, -0.1) is 6.58 Å². The van der Waals surface area contributed by atoms with Gasteiger partial charge in [-0.25, -0.2) is 9.97 Å². The molecule has 1 aliphatic rings. The van der Waals surface area contributed by atoms with Crippen LogP contribution < -0.4 is 16.0 Å². The molecule has 0 saturated carbocycles. The molecule has 34 heavy (non-hydrogen) atoms. The summed E-state index contributed by atoms with van der Waals surface area (Å²) < 4.78 is 1.99. The molecule has 0 aliphatic carbocycles. The molecule has 10 heteroatoms. The number of hydrogen-bond donors (Lipinski definition) is 3. The fourth-order valence-electron chi connectivity index (χ4n) is 3.58. The number of fused-ring (bicyclic) bond motifs is 1. The van der Waals surface area contributed by atoms with Crippen LogP contribution in [0.25, 0.3) is 0 Å². The van der Waals surface area contributed by atoms with Crippen molar-refractivity contribution in [1.29, 1.82) is 0 Å². The zero-order valence-corrected chi connectivity index (χ0v) is 20.1. The second-order valence-corrected chi connectivity index (χ2v) is 9.34. The van der Waals surface area contributed by atoms with Crippen LogP contribution in [0, 0.1) is 0 Å². The zero-order chi connectivity index (χ0) is 24.3. The van der Waals surface area contributed by atoms with Crippen LogP contribution in [0.4, 0.5) is 23.4 Å². The van der Waals surface area contributed by atoms with Crippen LogP contribution in [0.3, 0.4) is 0 Å². The Labute approximate surface area is 199 Å². The van der Waals surface area contributed by atoms with Crippen LogP contribution in [0.5, 0.6) is 0 Å². The van der Waals surface area contributed by atoms with E-state index in [9.17, 15) is 4.79 Å². The first-order valence-electron chi connectivity index (χ1n) is 11.3. The van der Waals surface area contributed by atoms with Crippen LogP contribution in [0.1, 0.15) is 42.5 Å². The summed E-state index contributed by atoms with van der Waals surface area (Å²) in [6.45, 7) is 12.9. The third kappa shape index (κ3) is 5.40. The molecule has 0 bridgehead atoms. The molecular formula is C24H31N9O. The monoisotopic (exact) mass is 461 g/mol. The fourth-order valence-corrected chi connectivity index (χ4v) is 3.58. The molecule has 178 valence electrons. The van der Waals surface area contributed by atoms with E-state index >= 15 is 0 Å². The van der Waals surface area contributed by atoms with E-state index in [2.05, 4.69) is 70.3 Å². The van der Waals surface area contributed by atoms with E-state index in [0.717, 1.165) is 31.0 Å². The average molecular weight is 462 g/mol. The van der Waals surface area contributed by atoms with E-state index in [1.807, 2.05) is 28.9 Å². The summed E-state index contributed by atoms with van der Waals surface area (Å²) in [7, 11) is 2.09. The van der Waals surface area contributed by atoms with Gasteiger partial charge in [0.05, 0.1) is 12.2 Å². The van der Waals surface area contributed by atoms with E-state index in [1.54, 1.807) is 6.08 Å². The Kier molecular flexibility index (Phi) is 6.60. The Bertz CT molecular complexity index is 1200. The SMILES string of the molecule is C=CCNC(=O)c1cnc(Nc2cc3n(n2)CCN(C)C3)nc1Nc1cccc(C(C)(C)C)n1. The first-order chi connectivity index (χ1) is 16.2. The Balaban J connectivity index is 1.63. The highest BCUT2D eigenvalue weighted by atomic mass is 16.1. The highest BCUT2D eigenvalue weighted by Gasteiger charge is 2.20. The molecule has 0 aromatic carbocycles. The van der Waals surface area contributed by atoms with Crippen molar-refractivity contribution < 1.29 is 4.79 Å². The van der Waals surface area contributed by atoms with Gasteiger partial charge in [-0.3, -0.25) is 14.4 Å².